The first-order chi connectivity index (χ1) is 12.1. The number of allylic oxidation sites excluding steroid dienone is 4. The third kappa shape index (κ3) is 3.71. The normalized spacial score (nSPS) is 48.0. The van der Waals surface area contributed by atoms with Gasteiger partial charge in [0.1, 0.15) is 0 Å². The summed E-state index contributed by atoms with van der Waals surface area (Å²) < 4.78 is 0. The average Bonchev–Trinajstić information content (AvgIpc) is 2.59. The first-order valence-corrected chi connectivity index (χ1v) is 11.1. The van der Waals surface area contributed by atoms with Gasteiger partial charge in [0.25, 0.3) is 0 Å². The Balaban J connectivity index is 2.00. The Labute approximate surface area is 162 Å². The zero-order valence-corrected chi connectivity index (χ0v) is 18.2. The van der Waals surface area contributed by atoms with Crippen LogP contribution >= 0.6 is 0 Å². The topological polar surface area (TPSA) is 20.2 Å². The molecule has 0 unspecified atom stereocenters. The number of aliphatic hydroxyl groups excluding tert-OH is 1. The molecule has 26 heavy (non-hydrogen) atoms. The minimum atomic E-state index is -0.162. The monoisotopic (exact) mass is 358 g/mol. The Bertz CT molecular complexity index is 583. The van der Waals surface area contributed by atoms with Crippen molar-refractivity contribution in [2.75, 3.05) is 0 Å². The lowest BCUT2D eigenvalue weighted by Crippen LogP contribution is -2.58. The molecule has 0 bridgehead atoms. The number of hydrogen-bond acceptors (Lipinski definition) is 1. The summed E-state index contributed by atoms with van der Waals surface area (Å²) in [7, 11) is 0. The van der Waals surface area contributed by atoms with Crippen LogP contribution in [0.1, 0.15) is 99.3 Å². The van der Waals surface area contributed by atoms with E-state index in [0.29, 0.717) is 22.7 Å². The van der Waals surface area contributed by atoms with Crippen molar-refractivity contribution in [3.8, 4) is 0 Å². The summed E-state index contributed by atoms with van der Waals surface area (Å²) in [6.07, 6.45) is 15.9. The van der Waals surface area contributed by atoms with Crippen LogP contribution in [-0.4, -0.2) is 11.2 Å². The van der Waals surface area contributed by atoms with E-state index in [1.54, 1.807) is 11.1 Å². The van der Waals surface area contributed by atoms with Crippen LogP contribution in [-0.2, 0) is 0 Å². The van der Waals surface area contributed by atoms with Gasteiger partial charge in [-0.3, -0.25) is 0 Å². The summed E-state index contributed by atoms with van der Waals surface area (Å²) in [4.78, 5) is 0. The molecule has 148 valence electrons. The smallest absolute Gasteiger partial charge is 0.0627 e. The van der Waals surface area contributed by atoms with Crippen molar-refractivity contribution in [1.82, 2.24) is 0 Å². The molecule has 0 aliphatic heterocycles. The van der Waals surface area contributed by atoms with Crippen molar-refractivity contribution < 1.29 is 5.11 Å². The van der Waals surface area contributed by atoms with E-state index in [2.05, 4.69) is 53.7 Å². The maximum Gasteiger partial charge on any atom is 0.0627 e. The van der Waals surface area contributed by atoms with E-state index in [4.69, 9.17) is 0 Å². The van der Waals surface area contributed by atoms with Crippen LogP contribution < -0.4 is 0 Å². The van der Waals surface area contributed by atoms with Crippen LogP contribution in [0.3, 0.4) is 0 Å². The van der Waals surface area contributed by atoms with Gasteiger partial charge in [0.15, 0.2) is 0 Å². The molecule has 2 saturated carbocycles. The highest BCUT2D eigenvalue weighted by molar-refractivity contribution is 5.12. The zero-order valence-electron chi connectivity index (χ0n) is 18.2. The molecular formula is C25H42O. The third-order valence-electron chi connectivity index (χ3n) is 8.68. The minimum absolute atomic E-state index is 0.0608. The van der Waals surface area contributed by atoms with E-state index in [-0.39, 0.29) is 11.5 Å². The van der Waals surface area contributed by atoms with Crippen LogP contribution in [0.2, 0.25) is 0 Å². The molecule has 0 radical (unpaired) electrons. The summed E-state index contributed by atoms with van der Waals surface area (Å²) >= 11 is 0. The third-order valence-corrected chi connectivity index (χ3v) is 8.68. The first-order valence-electron chi connectivity index (χ1n) is 11.1. The number of rotatable bonds is 0. The molecule has 3 aliphatic carbocycles. The van der Waals surface area contributed by atoms with E-state index in [9.17, 15) is 5.11 Å². The minimum Gasteiger partial charge on any atom is -0.392 e. The largest absolute Gasteiger partial charge is 0.392 e. The van der Waals surface area contributed by atoms with Gasteiger partial charge in [-0.2, -0.15) is 0 Å². The molecule has 3 rings (SSSR count). The molecule has 5 atom stereocenters. The van der Waals surface area contributed by atoms with Gasteiger partial charge >= 0.3 is 0 Å². The molecule has 0 saturated heterocycles. The van der Waals surface area contributed by atoms with Gasteiger partial charge in [-0.05, 0) is 99.7 Å². The first kappa shape index (κ1) is 20.2. The maximum absolute atomic E-state index is 11.5. The van der Waals surface area contributed by atoms with Crippen LogP contribution in [0.4, 0.5) is 0 Å². The summed E-state index contributed by atoms with van der Waals surface area (Å²) in [5, 5.41) is 11.5. The lowest BCUT2D eigenvalue weighted by molar-refractivity contribution is -0.169. The van der Waals surface area contributed by atoms with Crippen LogP contribution in [0.15, 0.2) is 23.3 Å². The Morgan fingerprint density at radius 3 is 2.19 bits per heavy atom. The van der Waals surface area contributed by atoms with Crippen LogP contribution in [0, 0.1) is 28.1 Å². The predicted octanol–water partition coefficient (Wildman–Crippen LogP) is 7.06. The number of hydrogen-bond donors (Lipinski definition) is 1. The van der Waals surface area contributed by atoms with Crippen LogP contribution in [0.25, 0.3) is 0 Å². The maximum atomic E-state index is 11.5. The lowest BCUT2D eigenvalue weighted by Gasteiger charge is -2.61. The van der Waals surface area contributed by atoms with Gasteiger partial charge in [-0.1, -0.05) is 51.0 Å². The highest BCUT2D eigenvalue weighted by Crippen LogP contribution is 2.63. The van der Waals surface area contributed by atoms with Gasteiger partial charge in [-0.15, -0.1) is 0 Å². The highest BCUT2D eigenvalue weighted by atomic mass is 16.3. The summed E-state index contributed by atoms with van der Waals surface area (Å²) in [5.74, 6) is 1.08. The highest BCUT2D eigenvalue weighted by Gasteiger charge is 2.58. The number of fused-ring (bicyclic) bond motifs is 3. The summed E-state index contributed by atoms with van der Waals surface area (Å²) in [5.41, 5.74) is 3.83. The molecule has 0 aromatic rings. The zero-order chi connectivity index (χ0) is 19.2. The quantitative estimate of drug-likeness (QED) is 0.459. The van der Waals surface area contributed by atoms with E-state index in [1.807, 2.05) is 0 Å². The second-order valence-electron chi connectivity index (χ2n) is 11.3. The molecule has 0 aromatic carbocycles. The van der Waals surface area contributed by atoms with Crippen molar-refractivity contribution in [2.24, 2.45) is 28.1 Å². The van der Waals surface area contributed by atoms with Gasteiger partial charge < -0.3 is 5.11 Å². The molecule has 1 heteroatoms. The van der Waals surface area contributed by atoms with Crippen molar-refractivity contribution in [3.63, 3.8) is 0 Å². The molecule has 3 aliphatic rings. The fraction of sp³-hybridized carbons (Fsp3) is 0.840. The lowest BCUT2D eigenvalue weighted by atomic mass is 9.44. The molecule has 1 nitrogen and oxygen atoms in total. The van der Waals surface area contributed by atoms with Gasteiger partial charge in [0.2, 0.25) is 0 Å². The predicted molar refractivity (Wildman–Crippen MR) is 112 cm³/mol. The van der Waals surface area contributed by atoms with Crippen LogP contribution in [0.5, 0.6) is 0 Å². The Morgan fingerprint density at radius 1 is 0.846 bits per heavy atom. The Hall–Kier alpha value is -0.560. The van der Waals surface area contributed by atoms with E-state index < -0.39 is 0 Å². The molecule has 0 amide bonds. The van der Waals surface area contributed by atoms with Crippen molar-refractivity contribution in [1.29, 1.82) is 0 Å². The van der Waals surface area contributed by atoms with Gasteiger partial charge in [0.05, 0.1) is 6.10 Å². The molecule has 0 spiro atoms. The fourth-order valence-corrected chi connectivity index (χ4v) is 6.30. The van der Waals surface area contributed by atoms with Crippen molar-refractivity contribution >= 4 is 0 Å². The van der Waals surface area contributed by atoms with E-state index in [0.717, 1.165) is 0 Å². The second kappa shape index (κ2) is 7.12. The molecule has 0 heterocycles. The van der Waals surface area contributed by atoms with E-state index in [1.165, 1.54) is 57.8 Å². The second-order valence-corrected chi connectivity index (χ2v) is 11.3. The van der Waals surface area contributed by atoms with Gasteiger partial charge in [0, 0.05) is 0 Å². The summed E-state index contributed by atoms with van der Waals surface area (Å²) in [6.45, 7) is 14.2. The van der Waals surface area contributed by atoms with Gasteiger partial charge in [-0.25, -0.2) is 0 Å². The molecule has 2 fully saturated rings. The standard InChI is InChI=1S/C25H42O/c1-18-8-7-9-19(2)12-13-24(5)16-17-25(6)15-14-23(3,4)22(26)21(25)20(24)11-10-18/h8,12,20-22,26H,7,9-11,13-17H2,1-6H3/b18-8+,19-12-/t20-,21+,22+,24-,25-/m1/s1. The van der Waals surface area contributed by atoms with Crippen molar-refractivity contribution in [2.45, 2.75) is 105 Å². The Morgan fingerprint density at radius 2 is 1.46 bits per heavy atom. The SMILES string of the molecule is C/C1=C/C[C@]2(C)CC[C@@]3(C)CCC(C)(C)[C@@H](O)[C@@H]3[C@H]2CC/C(C)=C/CC1. The van der Waals surface area contributed by atoms with E-state index >= 15 is 0 Å². The number of aliphatic hydroxyl groups is 1. The average molecular weight is 359 g/mol. The summed E-state index contributed by atoms with van der Waals surface area (Å²) in [6, 6.07) is 0. The molecule has 1 N–H and O–H groups in total. The molecular weight excluding hydrogens is 316 g/mol. The fourth-order valence-electron chi connectivity index (χ4n) is 6.30. The molecule has 0 aromatic heterocycles. The van der Waals surface area contributed by atoms with Crippen molar-refractivity contribution in [3.05, 3.63) is 23.3 Å². The Kier molecular flexibility index (Phi) is 5.52.